The van der Waals surface area contributed by atoms with Gasteiger partial charge < -0.3 is 4.74 Å². The molecule has 0 saturated heterocycles. The van der Waals surface area contributed by atoms with Gasteiger partial charge in [-0.3, -0.25) is 0 Å². The summed E-state index contributed by atoms with van der Waals surface area (Å²) in [5, 5.41) is 2.04. The second kappa shape index (κ2) is 4.13. The molecule has 14 heavy (non-hydrogen) atoms. The molecule has 0 aliphatic rings. The number of fused-ring (bicyclic) bond motifs is 1. The number of rotatable bonds is 2. The van der Waals surface area contributed by atoms with Gasteiger partial charge in [-0.25, -0.2) is 0 Å². The third-order valence-corrected chi connectivity index (χ3v) is 4.45. The molecule has 74 valence electrons. The highest BCUT2D eigenvalue weighted by atomic mass is 79.9. The van der Waals surface area contributed by atoms with E-state index in [4.69, 9.17) is 4.74 Å². The molecule has 1 aromatic carbocycles. The molecule has 0 bridgehead atoms. The molecule has 0 aliphatic heterocycles. The van der Waals surface area contributed by atoms with Crippen LogP contribution in [0.3, 0.4) is 0 Å². The first-order chi connectivity index (χ1) is 6.76. The molecule has 0 aliphatic carbocycles. The first kappa shape index (κ1) is 10.3. The molecule has 0 radical (unpaired) electrons. The first-order valence-corrected chi connectivity index (χ1v) is 6.49. The molecule has 0 fully saturated rings. The van der Waals surface area contributed by atoms with Crippen molar-refractivity contribution in [2.45, 2.75) is 10.2 Å². The quantitative estimate of drug-likeness (QED) is 0.647. The fraction of sp³-hybridized carbons (Fsp3) is 0.200. The van der Waals surface area contributed by atoms with Crippen molar-refractivity contribution in [2.75, 3.05) is 7.11 Å². The summed E-state index contributed by atoms with van der Waals surface area (Å²) < 4.78 is 6.58. The highest BCUT2D eigenvalue weighted by Gasteiger charge is 2.08. The van der Waals surface area contributed by atoms with Crippen molar-refractivity contribution >= 4 is 50.0 Å². The molecule has 1 nitrogen and oxygen atoms in total. The molecule has 1 aromatic heterocycles. The van der Waals surface area contributed by atoms with Crippen molar-refractivity contribution in [1.29, 1.82) is 0 Å². The average Bonchev–Trinajstić information content (AvgIpc) is 2.60. The maximum absolute atomic E-state index is 5.33. The SMILES string of the molecule is COc1c(S)ccc2sc(CBr)cc12. The van der Waals surface area contributed by atoms with Gasteiger partial charge in [0.05, 0.1) is 7.11 Å². The first-order valence-electron chi connectivity index (χ1n) is 4.10. The van der Waals surface area contributed by atoms with Crippen LogP contribution in [0.4, 0.5) is 0 Å². The smallest absolute Gasteiger partial charge is 0.140 e. The summed E-state index contributed by atoms with van der Waals surface area (Å²) >= 11 is 9.59. The minimum atomic E-state index is 0.870. The van der Waals surface area contributed by atoms with Crippen molar-refractivity contribution < 1.29 is 4.74 Å². The summed E-state index contributed by atoms with van der Waals surface area (Å²) in [6.07, 6.45) is 0. The van der Waals surface area contributed by atoms with Gasteiger partial charge in [-0.05, 0) is 18.2 Å². The lowest BCUT2D eigenvalue weighted by Crippen LogP contribution is -1.84. The Kier molecular flexibility index (Phi) is 3.04. The van der Waals surface area contributed by atoms with Crippen molar-refractivity contribution in [3.8, 4) is 5.75 Å². The van der Waals surface area contributed by atoms with E-state index in [1.54, 1.807) is 18.4 Å². The topological polar surface area (TPSA) is 9.23 Å². The Morgan fingerprint density at radius 2 is 2.29 bits per heavy atom. The Labute approximate surface area is 101 Å². The van der Waals surface area contributed by atoms with E-state index < -0.39 is 0 Å². The predicted molar refractivity (Wildman–Crippen MR) is 68.3 cm³/mol. The molecular formula is C10H9BrOS2. The summed E-state index contributed by atoms with van der Waals surface area (Å²) in [4.78, 5) is 2.19. The van der Waals surface area contributed by atoms with Gasteiger partial charge in [-0.1, -0.05) is 15.9 Å². The molecular weight excluding hydrogens is 280 g/mol. The van der Waals surface area contributed by atoms with Gasteiger partial charge in [0, 0.05) is 25.2 Å². The number of ether oxygens (including phenoxy) is 1. The molecule has 0 spiro atoms. The van der Waals surface area contributed by atoms with Crippen LogP contribution < -0.4 is 4.74 Å². The highest BCUT2D eigenvalue weighted by molar-refractivity contribution is 9.08. The van der Waals surface area contributed by atoms with Gasteiger partial charge in [0.25, 0.3) is 0 Å². The van der Waals surface area contributed by atoms with E-state index in [0.29, 0.717) is 0 Å². The van der Waals surface area contributed by atoms with E-state index >= 15 is 0 Å². The molecule has 2 rings (SSSR count). The second-order valence-corrected chi connectivity index (χ2v) is 5.09. The number of methoxy groups -OCH3 is 1. The number of benzene rings is 1. The maximum atomic E-state index is 5.33. The van der Waals surface area contributed by atoms with E-state index in [0.717, 1.165) is 21.4 Å². The van der Waals surface area contributed by atoms with Gasteiger partial charge in [0.1, 0.15) is 5.75 Å². The largest absolute Gasteiger partial charge is 0.495 e. The predicted octanol–water partition coefficient (Wildman–Crippen LogP) is 4.09. The number of halogens is 1. The Morgan fingerprint density at radius 1 is 1.50 bits per heavy atom. The lowest BCUT2D eigenvalue weighted by molar-refractivity contribution is 0.410. The number of hydrogen-bond acceptors (Lipinski definition) is 3. The number of thiol groups is 1. The molecule has 0 N–H and O–H groups in total. The summed E-state index contributed by atoms with van der Waals surface area (Å²) in [6, 6.07) is 6.20. The van der Waals surface area contributed by atoms with Crippen LogP contribution >= 0.6 is 39.9 Å². The van der Waals surface area contributed by atoms with Gasteiger partial charge in [0.15, 0.2) is 0 Å². The van der Waals surface area contributed by atoms with Crippen molar-refractivity contribution in [2.24, 2.45) is 0 Å². The van der Waals surface area contributed by atoms with Crippen LogP contribution in [0, 0.1) is 0 Å². The minimum absolute atomic E-state index is 0.870. The summed E-state index contributed by atoms with van der Waals surface area (Å²) in [6.45, 7) is 0. The molecule has 1 heterocycles. The fourth-order valence-corrected chi connectivity index (χ4v) is 3.11. The highest BCUT2D eigenvalue weighted by Crippen LogP contribution is 2.37. The van der Waals surface area contributed by atoms with Gasteiger partial charge in [0.2, 0.25) is 0 Å². The molecule has 0 unspecified atom stereocenters. The molecule has 0 atom stereocenters. The Balaban J connectivity index is 2.73. The number of hydrogen-bond donors (Lipinski definition) is 1. The zero-order valence-corrected chi connectivity index (χ0v) is 10.9. The molecule has 4 heteroatoms. The number of alkyl halides is 1. The van der Waals surface area contributed by atoms with Crippen LogP contribution in [0.5, 0.6) is 5.75 Å². The Bertz CT molecular complexity index is 464. The normalized spacial score (nSPS) is 10.8. The van der Waals surface area contributed by atoms with Crippen LogP contribution in [-0.4, -0.2) is 7.11 Å². The van der Waals surface area contributed by atoms with Crippen LogP contribution in [0.15, 0.2) is 23.1 Å². The van der Waals surface area contributed by atoms with Crippen molar-refractivity contribution in [1.82, 2.24) is 0 Å². The van der Waals surface area contributed by atoms with Gasteiger partial charge in [-0.2, -0.15) is 0 Å². The third kappa shape index (κ3) is 1.66. The zero-order chi connectivity index (χ0) is 10.1. The van der Waals surface area contributed by atoms with Crippen molar-refractivity contribution in [3.63, 3.8) is 0 Å². The van der Waals surface area contributed by atoms with Gasteiger partial charge >= 0.3 is 0 Å². The molecule has 0 saturated carbocycles. The third-order valence-electron chi connectivity index (χ3n) is 2.02. The van der Waals surface area contributed by atoms with Gasteiger partial charge in [-0.15, -0.1) is 24.0 Å². The zero-order valence-electron chi connectivity index (χ0n) is 7.58. The van der Waals surface area contributed by atoms with Crippen LogP contribution in [-0.2, 0) is 5.33 Å². The maximum Gasteiger partial charge on any atom is 0.140 e. The summed E-state index contributed by atoms with van der Waals surface area (Å²) in [5.41, 5.74) is 0. The van der Waals surface area contributed by atoms with Crippen LogP contribution in [0.2, 0.25) is 0 Å². The van der Waals surface area contributed by atoms with Crippen molar-refractivity contribution in [3.05, 3.63) is 23.1 Å². The summed E-state index contributed by atoms with van der Waals surface area (Å²) in [7, 11) is 1.68. The number of thiophene rings is 1. The van der Waals surface area contributed by atoms with Crippen LogP contribution in [0.25, 0.3) is 10.1 Å². The van der Waals surface area contributed by atoms with E-state index in [1.165, 1.54) is 9.58 Å². The fourth-order valence-electron chi connectivity index (χ4n) is 1.41. The average molecular weight is 289 g/mol. The second-order valence-electron chi connectivity index (χ2n) is 2.88. The lowest BCUT2D eigenvalue weighted by atomic mass is 10.2. The van der Waals surface area contributed by atoms with E-state index in [1.807, 2.05) is 6.07 Å². The van der Waals surface area contributed by atoms with Crippen LogP contribution in [0.1, 0.15) is 4.88 Å². The monoisotopic (exact) mass is 288 g/mol. The summed E-state index contributed by atoms with van der Waals surface area (Å²) in [5.74, 6) is 0.870. The minimum Gasteiger partial charge on any atom is -0.495 e. The Morgan fingerprint density at radius 3 is 2.93 bits per heavy atom. The van der Waals surface area contributed by atoms with E-state index in [-0.39, 0.29) is 0 Å². The lowest BCUT2D eigenvalue weighted by Gasteiger charge is -2.03. The van der Waals surface area contributed by atoms with E-state index in [2.05, 4.69) is 40.7 Å². The molecule has 2 aromatic rings. The standard InChI is InChI=1S/C10H9BrOS2/c1-12-10-7-4-6(5-11)14-9(7)3-2-8(10)13/h2-4,13H,5H2,1H3. The van der Waals surface area contributed by atoms with E-state index in [9.17, 15) is 0 Å². The molecule has 0 amide bonds. The Hall–Kier alpha value is -0.190.